The Morgan fingerprint density at radius 2 is 1.51 bits per heavy atom. The van der Waals surface area contributed by atoms with Gasteiger partial charge in [0.2, 0.25) is 11.8 Å². The Morgan fingerprint density at radius 1 is 0.878 bits per heavy atom. The molecule has 0 unspecified atom stereocenters. The van der Waals surface area contributed by atoms with E-state index in [1.54, 1.807) is 43.3 Å². The van der Waals surface area contributed by atoms with Gasteiger partial charge in [0.1, 0.15) is 12.6 Å². The third kappa shape index (κ3) is 8.30. The Kier molecular flexibility index (Phi) is 11.8. The highest BCUT2D eigenvalue weighted by Crippen LogP contribution is 2.34. The molecule has 41 heavy (non-hydrogen) atoms. The van der Waals surface area contributed by atoms with Crippen molar-refractivity contribution in [1.29, 1.82) is 0 Å². The molecule has 0 heterocycles. The number of amides is 2. The molecule has 0 aromatic heterocycles. The Balaban J connectivity index is 2.12. The van der Waals surface area contributed by atoms with Crippen molar-refractivity contribution in [2.24, 2.45) is 5.92 Å². The predicted octanol–water partition coefficient (Wildman–Crippen LogP) is 7.08. The van der Waals surface area contributed by atoms with Gasteiger partial charge in [-0.05, 0) is 54.8 Å². The van der Waals surface area contributed by atoms with Crippen molar-refractivity contribution >= 4 is 73.9 Å². The predicted molar refractivity (Wildman–Crippen MR) is 166 cm³/mol. The Labute approximate surface area is 261 Å². The number of carbonyl (C=O) groups is 2. The first kappa shape index (κ1) is 33.0. The molecule has 0 saturated heterocycles. The van der Waals surface area contributed by atoms with Gasteiger partial charge >= 0.3 is 0 Å². The fourth-order valence-electron chi connectivity index (χ4n) is 4.11. The van der Waals surface area contributed by atoms with Crippen LogP contribution in [0.25, 0.3) is 0 Å². The molecular formula is C29H31Cl4N3O4S. The number of anilines is 1. The fourth-order valence-corrected chi connectivity index (χ4v) is 6.50. The molecule has 3 rings (SSSR count). The zero-order valence-electron chi connectivity index (χ0n) is 22.8. The molecule has 1 N–H and O–H groups in total. The standard InChI is InChI=1S/C29H31Cl4N3O4S/c1-4-26(29(38)34-16-19(2)3)35(17-22-23(31)11-8-12-24(22)32)28(37)18-36(27-15-20(30)13-14-25(27)33)41(39,40)21-9-6-5-7-10-21/h5-15,19,26H,4,16-18H2,1-3H3,(H,34,38)/t26-/m0/s1. The number of hydrogen-bond donors (Lipinski definition) is 1. The minimum Gasteiger partial charge on any atom is -0.354 e. The van der Waals surface area contributed by atoms with Crippen molar-refractivity contribution < 1.29 is 18.0 Å². The summed E-state index contributed by atoms with van der Waals surface area (Å²) < 4.78 is 28.7. The topological polar surface area (TPSA) is 86.8 Å². The van der Waals surface area contributed by atoms with E-state index >= 15 is 0 Å². The zero-order valence-corrected chi connectivity index (χ0v) is 26.6. The number of nitrogens with zero attached hydrogens (tertiary/aromatic N) is 2. The summed E-state index contributed by atoms with van der Waals surface area (Å²) in [5, 5.41) is 3.78. The molecule has 3 aromatic carbocycles. The highest BCUT2D eigenvalue weighted by Gasteiger charge is 2.35. The highest BCUT2D eigenvalue weighted by atomic mass is 35.5. The Bertz CT molecular complexity index is 1470. The van der Waals surface area contributed by atoms with E-state index in [1.807, 2.05) is 13.8 Å². The normalized spacial score (nSPS) is 12.2. The lowest BCUT2D eigenvalue weighted by Crippen LogP contribution is -2.52. The van der Waals surface area contributed by atoms with E-state index in [-0.39, 0.29) is 45.4 Å². The van der Waals surface area contributed by atoms with Crippen LogP contribution in [0.5, 0.6) is 0 Å². The number of halogens is 4. The number of benzene rings is 3. The summed E-state index contributed by atoms with van der Waals surface area (Å²) in [6.45, 7) is 5.27. The third-order valence-electron chi connectivity index (χ3n) is 6.25. The molecule has 0 aliphatic heterocycles. The lowest BCUT2D eigenvalue weighted by Gasteiger charge is -2.34. The maximum Gasteiger partial charge on any atom is 0.264 e. The van der Waals surface area contributed by atoms with Crippen molar-refractivity contribution in [2.75, 3.05) is 17.4 Å². The van der Waals surface area contributed by atoms with Crippen LogP contribution in [0.4, 0.5) is 5.69 Å². The second-order valence-corrected chi connectivity index (χ2v) is 13.2. The first-order valence-corrected chi connectivity index (χ1v) is 15.8. The van der Waals surface area contributed by atoms with E-state index in [0.29, 0.717) is 22.2 Å². The van der Waals surface area contributed by atoms with Crippen molar-refractivity contribution in [1.82, 2.24) is 10.2 Å². The van der Waals surface area contributed by atoms with Gasteiger partial charge in [0.05, 0.1) is 15.6 Å². The van der Waals surface area contributed by atoms with E-state index in [2.05, 4.69) is 5.32 Å². The van der Waals surface area contributed by atoms with Crippen LogP contribution in [-0.4, -0.2) is 44.3 Å². The summed E-state index contributed by atoms with van der Waals surface area (Å²) >= 11 is 25.5. The first-order valence-electron chi connectivity index (χ1n) is 12.9. The average molecular weight is 659 g/mol. The number of nitrogens with one attached hydrogen (secondary N) is 1. The van der Waals surface area contributed by atoms with Crippen LogP contribution in [0.1, 0.15) is 32.8 Å². The second kappa shape index (κ2) is 14.6. The summed E-state index contributed by atoms with van der Waals surface area (Å²) in [4.78, 5) is 28.7. The summed E-state index contributed by atoms with van der Waals surface area (Å²) in [5.74, 6) is -0.867. The molecule has 0 spiro atoms. The lowest BCUT2D eigenvalue weighted by molar-refractivity contribution is -0.140. The summed E-state index contributed by atoms with van der Waals surface area (Å²) in [5.41, 5.74) is 0.446. The Morgan fingerprint density at radius 3 is 2.10 bits per heavy atom. The molecule has 0 bridgehead atoms. The van der Waals surface area contributed by atoms with Crippen molar-refractivity contribution in [3.63, 3.8) is 0 Å². The van der Waals surface area contributed by atoms with Crippen molar-refractivity contribution in [3.8, 4) is 0 Å². The highest BCUT2D eigenvalue weighted by molar-refractivity contribution is 7.92. The van der Waals surface area contributed by atoms with E-state index in [0.717, 1.165) is 4.31 Å². The van der Waals surface area contributed by atoms with Crippen molar-refractivity contribution in [3.05, 3.63) is 92.4 Å². The quantitative estimate of drug-likeness (QED) is 0.225. The number of rotatable bonds is 12. The molecular weight excluding hydrogens is 628 g/mol. The molecule has 1 atom stereocenters. The molecule has 12 heteroatoms. The van der Waals surface area contributed by atoms with Gasteiger partial charge < -0.3 is 10.2 Å². The SMILES string of the molecule is CC[C@@H](C(=O)NCC(C)C)N(Cc1c(Cl)cccc1Cl)C(=O)CN(c1cc(Cl)ccc1Cl)S(=O)(=O)c1ccccc1. The van der Waals surface area contributed by atoms with E-state index < -0.39 is 28.5 Å². The minimum absolute atomic E-state index is 0.0180. The van der Waals surface area contributed by atoms with Gasteiger partial charge in [0.25, 0.3) is 10.0 Å². The van der Waals surface area contributed by atoms with Gasteiger partial charge in [0, 0.05) is 33.7 Å². The van der Waals surface area contributed by atoms with Crippen LogP contribution in [0.2, 0.25) is 20.1 Å². The van der Waals surface area contributed by atoms with Gasteiger partial charge in [-0.25, -0.2) is 8.42 Å². The summed E-state index contributed by atoms with van der Waals surface area (Å²) in [7, 11) is -4.30. The average Bonchev–Trinajstić information content (AvgIpc) is 2.93. The summed E-state index contributed by atoms with van der Waals surface area (Å²) in [6.07, 6.45) is 0.251. The van der Waals surface area contributed by atoms with E-state index in [4.69, 9.17) is 46.4 Å². The first-order chi connectivity index (χ1) is 19.4. The third-order valence-corrected chi connectivity index (χ3v) is 9.28. The van der Waals surface area contributed by atoms with Crippen LogP contribution in [0.3, 0.4) is 0 Å². The van der Waals surface area contributed by atoms with Gasteiger partial charge in [-0.3, -0.25) is 13.9 Å². The van der Waals surface area contributed by atoms with Crippen LogP contribution in [0.15, 0.2) is 71.6 Å². The zero-order chi connectivity index (χ0) is 30.3. The van der Waals surface area contributed by atoms with E-state index in [9.17, 15) is 18.0 Å². The largest absolute Gasteiger partial charge is 0.354 e. The van der Waals surface area contributed by atoms with E-state index in [1.165, 1.54) is 35.2 Å². The summed E-state index contributed by atoms with van der Waals surface area (Å²) in [6, 6.07) is 16.0. The molecule has 0 fully saturated rings. The van der Waals surface area contributed by atoms with Crippen LogP contribution >= 0.6 is 46.4 Å². The van der Waals surface area contributed by atoms with Crippen molar-refractivity contribution in [2.45, 2.75) is 44.7 Å². The molecule has 0 saturated carbocycles. The van der Waals surface area contributed by atoms with Crippen LogP contribution in [0, 0.1) is 5.92 Å². The molecule has 2 amide bonds. The number of hydrogen-bond acceptors (Lipinski definition) is 4. The van der Waals surface area contributed by atoms with Gasteiger partial charge in [0.15, 0.2) is 0 Å². The molecule has 220 valence electrons. The lowest BCUT2D eigenvalue weighted by atomic mass is 10.1. The monoisotopic (exact) mass is 657 g/mol. The Hall–Kier alpha value is -2.49. The molecule has 7 nitrogen and oxygen atoms in total. The molecule has 0 aliphatic carbocycles. The van der Waals surface area contributed by atoms with Gasteiger partial charge in [-0.1, -0.05) is 91.4 Å². The smallest absolute Gasteiger partial charge is 0.264 e. The van der Waals surface area contributed by atoms with Crippen LogP contribution < -0.4 is 9.62 Å². The minimum atomic E-state index is -4.30. The maximum absolute atomic E-state index is 14.1. The van der Waals surface area contributed by atoms with Crippen LogP contribution in [-0.2, 0) is 26.2 Å². The van der Waals surface area contributed by atoms with Gasteiger partial charge in [-0.2, -0.15) is 0 Å². The van der Waals surface area contributed by atoms with Gasteiger partial charge in [-0.15, -0.1) is 0 Å². The molecule has 0 radical (unpaired) electrons. The number of carbonyl (C=O) groups excluding carboxylic acids is 2. The molecule has 0 aliphatic rings. The molecule has 3 aromatic rings. The second-order valence-electron chi connectivity index (χ2n) is 9.71. The maximum atomic E-state index is 14.1. The number of sulfonamides is 1. The fraction of sp³-hybridized carbons (Fsp3) is 0.310.